The molecular formula is C19H34N6O9. The van der Waals surface area contributed by atoms with E-state index < -0.39 is 72.8 Å². The Kier molecular flexibility index (Phi) is 14.7. The lowest BCUT2D eigenvalue weighted by molar-refractivity contribution is -0.142. The molecule has 0 saturated heterocycles. The number of nitrogens with one attached hydrogen (secondary N) is 3. The molecule has 12 N–H and O–H groups in total. The lowest BCUT2D eigenvalue weighted by Crippen LogP contribution is -2.58. The van der Waals surface area contributed by atoms with Gasteiger partial charge >= 0.3 is 11.9 Å². The van der Waals surface area contributed by atoms with Gasteiger partial charge in [0.2, 0.25) is 23.6 Å². The van der Waals surface area contributed by atoms with Gasteiger partial charge in [0.05, 0.1) is 12.6 Å². The first-order chi connectivity index (χ1) is 15.9. The summed E-state index contributed by atoms with van der Waals surface area (Å²) >= 11 is 0. The lowest BCUT2D eigenvalue weighted by atomic mass is 10.1. The number of aliphatic hydroxyl groups is 1. The first-order valence-corrected chi connectivity index (χ1v) is 10.6. The van der Waals surface area contributed by atoms with Crippen LogP contribution in [0.5, 0.6) is 0 Å². The number of hydrogen-bond donors (Lipinski definition) is 9. The number of hydrogen-bond acceptors (Lipinski definition) is 9. The summed E-state index contributed by atoms with van der Waals surface area (Å²) in [6.07, 6.45) is -0.167. The maximum absolute atomic E-state index is 12.6. The van der Waals surface area contributed by atoms with Crippen LogP contribution < -0.4 is 33.2 Å². The Morgan fingerprint density at radius 3 is 1.79 bits per heavy atom. The third-order valence-electron chi connectivity index (χ3n) is 4.70. The smallest absolute Gasteiger partial charge is 0.326 e. The Labute approximate surface area is 195 Å². The number of aliphatic carboxylic acids is 2. The second kappa shape index (κ2) is 16.3. The maximum Gasteiger partial charge on any atom is 0.326 e. The Bertz CT molecular complexity index is 733. The standard InChI is InChI=1S/C19H34N6O9/c20-8-2-1-3-12(19(33)34)24-18(32)13(9-26)25-17(31)11(5-7-15(28)29)23-16(30)10(21)4-6-14(22)27/h10-13,26H,1-9,20-21H2,(H2,22,27)(H,23,30)(H,24,32)(H,25,31)(H,28,29)(H,33,34). The molecule has 0 spiro atoms. The molecule has 0 aromatic heterocycles. The van der Waals surface area contributed by atoms with E-state index in [1.807, 2.05) is 0 Å². The molecule has 4 amide bonds. The molecule has 34 heavy (non-hydrogen) atoms. The molecule has 0 aliphatic carbocycles. The van der Waals surface area contributed by atoms with Crippen molar-refractivity contribution in [2.24, 2.45) is 17.2 Å². The van der Waals surface area contributed by atoms with E-state index in [0.29, 0.717) is 19.4 Å². The third-order valence-corrected chi connectivity index (χ3v) is 4.70. The summed E-state index contributed by atoms with van der Waals surface area (Å²) in [4.78, 5) is 70.4. The van der Waals surface area contributed by atoms with E-state index in [1.165, 1.54) is 0 Å². The number of carboxylic acids is 2. The normalized spacial score (nSPS) is 14.2. The van der Waals surface area contributed by atoms with Crippen molar-refractivity contribution < 1.29 is 44.1 Å². The Morgan fingerprint density at radius 1 is 0.735 bits per heavy atom. The van der Waals surface area contributed by atoms with Gasteiger partial charge in [-0.2, -0.15) is 0 Å². The van der Waals surface area contributed by atoms with Crippen molar-refractivity contribution in [3.05, 3.63) is 0 Å². The van der Waals surface area contributed by atoms with Crippen LogP contribution in [0, 0.1) is 0 Å². The molecule has 0 rings (SSSR count). The van der Waals surface area contributed by atoms with Gasteiger partial charge < -0.3 is 48.5 Å². The Balaban J connectivity index is 5.24. The number of nitrogens with two attached hydrogens (primary N) is 3. The van der Waals surface area contributed by atoms with Gasteiger partial charge in [0, 0.05) is 12.8 Å². The van der Waals surface area contributed by atoms with Gasteiger partial charge in [0.1, 0.15) is 18.1 Å². The Hall–Kier alpha value is -3.30. The first kappa shape index (κ1) is 30.7. The summed E-state index contributed by atoms with van der Waals surface area (Å²) in [7, 11) is 0. The van der Waals surface area contributed by atoms with Crippen LogP contribution in [0.3, 0.4) is 0 Å². The van der Waals surface area contributed by atoms with Crippen molar-refractivity contribution in [2.45, 2.75) is 69.1 Å². The van der Waals surface area contributed by atoms with Crippen LogP contribution in [0.25, 0.3) is 0 Å². The highest BCUT2D eigenvalue weighted by Gasteiger charge is 2.30. The van der Waals surface area contributed by atoms with E-state index in [9.17, 15) is 39.0 Å². The molecular weight excluding hydrogens is 456 g/mol. The van der Waals surface area contributed by atoms with Crippen LogP contribution in [0.1, 0.15) is 44.9 Å². The number of carboxylic acid groups (broad SMARTS) is 2. The summed E-state index contributed by atoms with van der Waals surface area (Å²) in [6, 6.07) is -5.51. The van der Waals surface area contributed by atoms with Crippen LogP contribution >= 0.6 is 0 Å². The maximum atomic E-state index is 12.6. The molecule has 0 aromatic rings. The van der Waals surface area contributed by atoms with Gasteiger partial charge in [-0.25, -0.2) is 4.79 Å². The second-order valence-electron chi connectivity index (χ2n) is 7.53. The van der Waals surface area contributed by atoms with Crippen molar-refractivity contribution >= 4 is 35.6 Å². The molecule has 0 radical (unpaired) electrons. The van der Waals surface area contributed by atoms with Crippen molar-refractivity contribution in [3.8, 4) is 0 Å². The summed E-state index contributed by atoms with van der Waals surface area (Å²) < 4.78 is 0. The average Bonchev–Trinajstić information content (AvgIpc) is 2.76. The zero-order valence-corrected chi connectivity index (χ0v) is 18.7. The summed E-state index contributed by atoms with van der Waals surface area (Å²) in [6.45, 7) is -0.560. The second-order valence-corrected chi connectivity index (χ2v) is 7.53. The minimum Gasteiger partial charge on any atom is -0.481 e. The highest BCUT2D eigenvalue weighted by atomic mass is 16.4. The molecule has 4 unspecified atom stereocenters. The van der Waals surface area contributed by atoms with Gasteiger partial charge in [-0.05, 0) is 38.6 Å². The van der Waals surface area contributed by atoms with E-state index in [2.05, 4.69) is 16.0 Å². The summed E-state index contributed by atoms with van der Waals surface area (Å²) in [5, 5.41) is 34.3. The van der Waals surface area contributed by atoms with Crippen LogP contribution in [0.2, 0.25) is 0 Å². The topological polar surface area (TPSA) is 277 Å². The minimum absolute atomic E-state index is 0.0743. The molecule has 0 heterocycles. The summed E-state index contributed by atoms with van der Waals surface area (Å²) in [5.41, 5.74) is 16.0. The SMILES string of the molecule is NCCCCC(NC(=O)C(CO)NC(=O)C(CCC(=O)O)NC(=O)C(N)CCC(N)=O)C(=O)O. The number of unbranched alkanes of at least 4 members (excludes halogenated alkanes) is 1. The largest absolute Gasteiger partial charge is 0.481 e. The molecule has 0 aliphatic heterocycles. The number of carbonyl (C=O) groups excluding carboxylic acids is 4. The zero-order chi connectivity index (χ0) is 26.3. The van der Waals surface area contributed by atoms with E-state index >= 15 is 0 Å². The van der Waals surface area contributed by atoms with Gasteiger partial charge in [0.15, 0.2) is 0 Å². The fourth-order valence-corrected chi connectivity index (χ4v) is 2.73. The molecule has 0 bridgehead atoms. The fraction of sp³-hybridized carbons (Fsp3) is 0.684. The molecule has 194 valence electrons. The van der Waals surface area contributed by atoms with Crippen molar-refractivity contribution in [1.82, 2.24) is 16.0 Å². The number of rotatable bonds is 18. The van der Waals surface area contributed by atoms with E-state index in [4.69, 9.17) is 22.3 Å². The molecule has 15 heteroatoms. The number of carbonyl (C=O) groups is 6. The van der Waals surface area contributed by atoms with Gasteiger partial charge in [-0.1, -0.05) is 0 Å². The monoisotopic (exact) mass is 490 g/mol. The van der Waals surface area contributed by atoms with Crippen LogP contribution in [-0.2, 0) is 28.8 Å². The van der Waals surface area contributed by atoms with Gasteiger partial charge in [-0.3, -0.25) is 24.0 Å². The fourth-order valence-electron chi connectivity index (χ4n) is 2.73. The van der Waals surface area contributed by atoms with E-state index in [-0.39, 0.29) is 25.7 Å². The minimum atomic E-state index is -1.57. The van der Waals surface area contributed by atoms with Crippen LogP contribution in [-0.4, -0.2) is 88.2 Å². The highest BCUT2D eigenvalue weighted by Crippen LogP contribution is 2.04. The lowest BCUT2D eigenvalue weighted by Gasteiger charge is -2.24. The number of aliphatic hydroxyl groups excluding tert-OH is 1. The predicted octanol–water partition coefficient (Wildman–Crippen LogP) is -3.90. The molecule has 0 saturated carbocycles. The summed E-state index contributed by atoms with van der Waals surface area (Å²) in [5.74, 6) is -6.11. The molecule has 4 atom stereocenters. The molecule has 0 fully saturated rings. The van der Waals surface area contributed by atoms with Gasteiger partial charge in [0.25, 0.3) is 0 Å². The van der Waals surface area contributed by atoms with Crippen LogP contribution in [0.4, 0.5) is 0 Å². The van der Waals surface area contributed by atoms with Crippen molar-refractivity contribution in [1.29, 1.82) is 0 Å². The van der Waals surface area contributed by atoms with Gasteiger partial charge in [-0.15, -0.1) is 0 Å². The molecule has 0 aliphatic rings. The van der Waals surface area contributed by atoms with Crippen molar-refractivity contribution in [2.75, 3.05) is 13.2 Å². The average molecular weight is 491 g/mol. The highest BCUT2D eigenvalue weighted by molar-refractivity contribution is 5.94. The van der Waals surface area contributed by atoms with E-state index in [1.54, 1.807) is 0 Å². The predicted molar refractivity (Wildman–Crippen MR) is 117 cm³/mol. The van der Waals surface area contributed by atoms with Crippen LogP contribution in [0.15, 0.2) is 0 Å². The zero-order valence-electron chi connectivity index (χ0n) is 18.7. The molecule has 0 aromatic carbocycles. The quantitative estimate of drug-likeness (QED) is 0.0837. The Morgan fingerprint density at radius 2 is 1.29 bits per heavy atom. The number of primary amides is 1. The molecule has 15 nitrogen and oxygen atoms in total. The number of amides is 4. The van der Waals surface area contributed by atoms with E-state index in [0.717, 1.165) is 0 Å². The third kappa shape index (κ3) is 12.7. The van der Waals surface area contributed by atoms with Crippen molar-refractivity contribution in [3.63, 3.8) is 0 Å². The first-order valence-electron chi connectivity index (χ1n) is 10.6.